The molecule has 12 heavy (non-hydrogen) atoms. The number of anilines is 1. The van der Waals surface area contributed by atoms with Crippen LogP contribution in [0.5, 0.6) is 0 Å². The molecule has 2 aromatic heterocycles. The van der Waals surface area contributed by atoms with Gasteiger partial charge in [-0.15, -0.1) is 0 Å². The maximum atomic E-state index is 5.64. The molecular weight excluding hydrogens is 152 g/mol. The van der Waals surface area contributed by atoms with Crippen molar-refractivity contribution < 1.29 is 4.42 Å². The summed E-state index contributed by atoms with van der Waals surface area (Å²) in [5, 5.41) is 0. The molecule has 0 aliphatic carbocycles. The highest BCUT2D eigenvalue weighted by Gasteiger charge is 2.03. The normalized spacial score (nSPS) is 10.0. The number of hydrogen-bond acceptors (Lipinski definition) is 3. The van der Waals surface area contributed by atoms with Crippen LogP contribution in [0.1, 0.15) is 0 Å². The highest BCUT2D eigenvalue weighted by Crippen LogP contribution is 2.23. The fraction of sp³-hybridized carbons (Fsp3) is 0. The molecule has 0 saturated carbocycles. The van der Waals surface area contributed by atoms with Gasteiger partial charge in [-0.3, -0.25) is 0 Å². The predicted molar refractivity (Wildman–Crippen MR) is 46.4 cm³/mol. The number of aromatic nitrogens is 1. The molecule has 0 bridgehead atoms. The van der Waals surface area contributed by atoms with Gasteiger partial charge in [0.15, 0.2) is 0 Å². The SMILES string of the molecule is Nc1ncccc1-c1ccco1. The summed E-state index contributed by atoms with van der Waals surface area (Å²) in [5.41, 5.74) is 6.48. The van der Waals surface area contributed by atoms with Crippen LogP contribution >= 0.6 is 0 Å². The molecule has 0 aromatic carbocycles. The molecule has 3 nitrogen and oxygen atoms in total. The van der Waals surface area contributed by atoms with Gasteiger partial charge < -0.3 is 10.2 Å². The second kappa shape index (κ2) is 2.70. The second-order valence-electron chi connectivity index (χ2n) is 2.41. The number of nitrogens with zero attached hydrogens (tertiary/aromatic N) is 1. The first-order chi connectivity index (χ1) is 5.88. The minimum atomic E-state index is 0.493. The van der Waals surface area contributed by atoms with E-state index in [9.17, 15) is 0 Å². The van der Waals surface area contributed by atoms with Gasteiger partial charge in [-0.25, -0.2) is 4.98 Å². The van der Waals surface area contributed by atoms with Gasteiger partial charge in [0.25, 0.3) is 0 Å². The fourth-order valence-corrected chi connectivity index (χ4v) is 1.06. The molecule has 0 amide bonds. The topological polar surface area (TPSA) is 52.0 Å². The lowest BCUT2D eigenvalue weighted by Crippen LogP contribution is -1.91. The molecule has 0 fully saturated rings. The average molecular weight is 160 g/mol. The quantitative estimate of drug-likeness (QED) is 0.693. The monoisotopic (exact) mass is 160 g/mol. The van der Waals surface area contributed by atoms with Crippen LogP contribution in [0.15, 0.2) is 41.1 Å². The van der Waals surface area contributed by atoms with E-state index in [2.05, 4.69) is 4.98 Å². The Morgan fingerprint density at radius 1 is 1.25 bits per heavy atom. The van der Waals surface area contributed by atoms with E-state index in [-0.39, 0.29) is 0 Å². The minimum Gasteiger partial charge on any atom is -0.464 e. The summed E-state index contributed by atoms with van der Waals surface area (Å²) in [4.78, 5) is 3.95. The van der Waals surface area contributed by atoms with Crippen LogP contribution < -0.4 is 5.73 Å². The van der Waals surface area contributed by atoms with E-state index >= 15 is 0 Å². The van der Waals surface area contributed by atoms with Crippen molar-refractivity contribution in [2.75, 3.05) is 5.73 Å². The van der Waals surface area contributed by atoms with Crippen LogP contribution in [0.4, 0.5) is 5.82 Å². The molecule has 0 radical (unpaired) electrons. The van der Waals surface area contributed by atoms with Crippen molar-refractivity contribution in [2.24, 2.45) is 0 Å². The molecule has 2 N–H and O–H groups in total. The first kappa shape index (κ1) is 6.91. The summed E-state index contributed by atoms with van der Waals surface area (Å²) in [6.07, 6.45) is 3.27. The van der Waals surface area contributed by atoms with Gasteiger partial charge in [-0.1, -0.05) is 0 Å². The number of hydrogen-bond donors (Lipinski definition) is 1. The average Bonchev–Trinajstić information content (AvgIpc) is 2.57. The third-order valence-electron chi connectivity index (χ3n) is 1.63. The maximum Gasteiger partial charge on any atom is 0.137 e. The molecule has 2 heterocycles. The maximum absolute atomic E-state index is 5.64. The Bertz CT molecular complexity index is 368. The van der Waals surface area contributed by atoms with Crippen LogP contribution in [0.3, 0.4) is 0 Å². The van der Waals surface area contributed by atoms with Gasteiger partial charge in [0.2, 0.25) is 0 Å². The van der Waals surface area contributed by atoms with Gasteiger partial charge in [-0.2, -0.15) is 0 Å². The van der Waals surface area contributed by atoms with Crippen LogP contribution in [0.2, 0.25) is 0 Å². The van der Waals surface area contributed by atoms with Crippen molar-refractivity contribution in [1.29, 1.82) is 0 Å². The van der Waals surface area contributed by atoms with E-state index < -0.39 is 0 Å². The lowest BCUT2D eigenvalue weighted by atomic mass is 10.2. The largest absolute Gasteiger partial charge is 0.464 e. The molecule has 0 unspecified atom stereocenters. The molecule has 0 aliphatic rings. The van der Waals surface area contributed by atoms with E-state index in [1.54, 1.807) is 12.5 Å². The van der Waals surface area contributed by atoms with Crippen LogP contribution in [0.25, 0.3) is 11.3 Å². The molecule has 60 valence electrons. The zero-order valence-corrected chi connectivity index (χ0v) is 6.40. The van der Waals surface area contributed by atoms with E-state index in [0.29, 0.717) is 5.82 Å². The molecule has 0 atom stereocenters. The Labute approximate surface area is 69.8 Å². The molecule has 2 aromatic rings. The Morgan fingerprint density at radius 3 is 2.83 bits per heavy atom. The standard InChI is InChI=1S/C9H8N2O/c10-9-7(3-1-5-11-9)8-4-2-6-12-8/h1-6H,(H2,10,11). The Balaban J connectivity index is 2.55. The first-order valence-corrected chi connectivity index (χ1v) is 3.62. The number of nitrogens with two attached hydrogens (primary N) is 1. The number of nitrogen functional groups attached to an aromatic ring is 1. The van der Waals surface area contributed by atoms with Crippen molar-refractivity contribution in [1.82, 2.24) is 4.98 Å². The van der Waals surface area contributed by atoms with Gasteiger partial charge in [0, 0.05) is 6.20 Å². The molecular formula is C9H8N2O. The highest BCUT2D eigenvalue weighted by molar-refractivity contribution is 5.68. The van der Waals surface area contributed by atoms with Crippen molar-refractivity contribution in [3.63, 3.8) is 0 Å². The Morgan fingerprint density at radius 2 is 2.17 bits per heavy atom. The van der Waals surface area contributed by atoms with Crippen LogP contribution in [0, 0.1) is 0 Å². The number of furan rings is 1. The third kappa shape index (κ3) is 1.05. The smallest absolute Gasteiger partial charge is 0.137 e. The van der Waals surface area contributed by atoms with E-state index in [1.165, 1.54) is 0 Å². The fourth-order valence-electron chi connectivity index (χ4n) is 1.06. The lowest BCUT2D eigenvalue weighted by molar-refractivity contribution is 0.582. The molecule has 0 spiro atoms. The van der Waals surface area contributed by atoms with Gasteiger partial charge in [0.1, 0.15) is 11.6 Å². The van der Waals surface area contributed by atoms with Gasteiger partial charge in [-0.05, 0) is 24.3 Å². The van der Waals surface area contributed by atoms with Crippen LogP contribution in [-0.4, -0.2) is 4.98 Å². The molecule has 3 heteroatoms. The lowest BCUT2D eigenvalue weighted by Gasteiger charge is -1.98. The van der Waals surface area contributed by atoms with E-state index in [0.717, 1.165) is 11.3 Å². The van der Waals surface area contributed by atoms with Crippen LogP contribution in [-0.2, 0) is 0 Å². The summed E-state index contributed by atoms with van der Waals surface area (Å²) < 4.78 is 5.18. The molecule has 2 rings (SSSR count). The van der Waals surface area contributed by atoms with E-state index in [4.69, 9.17) is 10.2 Å². The summed E-state index contributed by atoms with van der Waals surface area (Å²) in [6, 6.07) is 7.38. The predicted octanol–water partition coefficient (Wildman–Crippen LogP) is 1.92. The van der Waals surface area contributed by atoms with E-state index in [1.807, 2.05) is 24.3 Å². The zero-order valence-electron chi connectivity index (χ0n) is 6.40. The molecule has 0 aliphatic heterocycles. The Kier molecular flexibility index (Phi) is 1.55. The van der Waals surface area contributed by atoms with Crippen molar-refractivity contribution in [3.8, 4) is 11.3 Å². The second-order valence-corrected chi connectivity index (χ2v) is 2.41. The highest BCUT2D eigenvalue weighted by atomic mass is 16.3. The summed E-state index contributed by atoms with van der Waals surface area (Å²) in [5.74, 6) is 1.24. The summed E-state index contributed by atoms with van der Waals surface area (Å²) in [7, 11) is 0. The Hall–Kier alpha value is -1.77. The molecule has 0 saturated heterocycles. The minimum absolute atomic E-state index is 0.493. The third-order valence-corrected chi connectivity index (χ3v) is 1.63. The van der Waals surface area contributed by atoms with Crippen molar-refractivity contribution >= 4 is 5.82 Å². The zero-order chi connectivity index (χ0) is 8.39. The van der Waals surface area contributed by atoms with Crippen molar-refractivity contribution in [3.05, 3.63) is 36.7 Å². The first-order valence-electron chi connectivity index (χ1n) is 3.62. The van der Waals surface area contributed by atoms with Gasteiger partial charge >= 0.3 is 0 Å². The van der Waals surface area contributed by atoms with Crippen molar-refractivity contribution in [2.45, 2.75) is 0 Å². The summed E-state index contributed by atoms with van der Waals surface area (Å²) in [6.45, 7) is 0. The number of pyridine rings is 1. The summed E-state index contributed by atoms with van der Waals surface area (Å²) >= 11 is 0. The number of rotatable bonds is 1. The van der Waals surface area contributed by atoms with Gasteiger partial charge in [0.05, 0.1) is 11.8 Å².